The van der Waals surface area contributed by atoms with Crippen LogP contribution < -0.4 is 10.6 Å². The van der Waals surface area contributed by atoms with E-state index in [1.54, 1.807) is 6.07 Å². The Balaban J connectivity index is 0.00000264. The van der Waals surface area contributed by atoms with Gasteiger partial charge in [-0.25, -0.2) is 0 Å². The smallest absolute Gasteiger partial charge is 0.287 e. The van der Waals surface area contributed by atoms with Gasteiger partial charge >= 0.3 is 0 Å². The molecule has 0 bridgehead atoms. The lowest BCUT2D eigenvalue weighted by molar-refractivity contribution is 0.0923. The Kier molecular flexibility index (Phi) is 7.86. The number of aryl methyl sites for hydroxylation is 1. The molecule has 1 atom stereocenters. The number of carbonyl (C=O) groups excluding carboxylic acids is 1. The molecule has 0 aliphatic rings. The van der Waals surface area contributed by atoms with Crippen LogP contribution in [0.3, 0.4) is 0 Å². The fourth-order valence-electron chi connectivity index (χ4n) is 2.27. The largest absolute Gasteiger partial charge is 0.451 e. The third kappa shape index (κ3) is 5.41. The lowest BCUT2D eigenvalue weighted by Crippen LogP contribution is -2.38. The number of hydrogen-bond donors (Lipinski definition) is 2. The van der Waals surface area contributed by atoms with Gasteiger partial charge in [0.25, 0.3) is 5.91 Å². The average molecular weight is 337 g/mol. The Bertz CT molecular complexity index is 608. The average Bonchev–Trinajstić information content (AvgIpc) is 3.03. The first-order chi connectivity index (χ1) is 10.6. The van der Waals surface area contributed by atoms with Crippen LogP contribution in [-0.4, -0.2) is 25.0 Å². The fraction of sp³-hybridized carbons (Fsp3) is 0.389. The Hall–Kier alpha value is -1.78. The van der Waals surface area contributed by atoms with Gasteiger partial charge in [0.15, 0.2) is 5.76 Å². The minimum atomic E-state index is -0.179. The summed E-state index contributed by atoms with van der Waals surface area (Å²) in [7, 11) is 0. The van der Waals surface area contributed by atoms with Gasteiger partial charge in [0.2, 0.25) is 0 Å². The zero-order valence-corrected chi connectivity index (χ0v) is 14.7. The van der Waals surface area contributed by atoms with E-state index in [0.29, 0.717) is 18.1 Å². The van der Waals surface area contributed by atoms with Crippen molar-refractivity contribution in [1.29, 1.82) is 0 Å². The van der Waals surface area contributed by atoms with Crippen molar-refractivity contribution in [2.24, 2.45) is 0 Å². The first-order valence-electron chi connectivity index (χ1n) is 7.84. The van der Waals surface area contributed by atoms with E-state index in [1.807, 2.05) is 32.0 Å². The van der Waals surface area contributed by atoms with Gasteiger partial charge in [-0.05, 0) is 37.6 Å². The quantitative estimate of drug-likeness (QED) is 0.811. The monoisotopic (exact) mass is 336 g/mol. The molecule has 0 aliphatic carbocycles. The van der Waals surface area contributed by atoms with Gasteiger partial charge < -0.3 is 15.1 Å². The Morgan fingerprint density at radius 3 is 2.43 bits per heavy atom. The minimum Gasteiger partial charge on any atom is -0.451 e. The van der Waals surface area contributed by atoms with Crippen molar-refractivity contribution < 1.29 is 9.21 Å². The summed E-state index contributed by atoms with van der Waals surface area (Å²) >= 11 is 0. The van der Waals surface area contributed by atoms with Gasteiger partial charge in [-0.15, -0.1) is 12.4 Å². The summed E-state index contributed by atoms with van der Waals surface area (Å²) in [5.74, 6) is 0.881. The van der Waals surface area contributed by atoms with Crippen molar-refractivity contribution in [1.82, 2.24) is 10.6 Å². The predicted molar refractivity (Wildman–Crippen MR) is 96.2 cm³/mol. The minimum absolute atomic E-state index is 0. The second-order valence-corrected chi connectivity index (χ2v) is 5.38. The van der Waals surface area contributed by atoms with E-state index in [0.717, 1.165) is 18.5 Å². The molecule has 0 aliphatic heterocycles. The number of hydrogen-bond acceptors (Lipinski definition) is 3. The molecule has 23 heavy (non-hydrogen) atoms. The van der Waals surface area contributed by atoms with E-state index in [2.05, 4.69) is 29.7 Å². The Morgan fingerprint density at radius 2 is 1.83 bits per heavy atom. The molecule has 0 saturated carbocycles. The lowest BCUT2D eigenvalue weighted by Gasteiger charge is -2.12. The zero-order chi connectivity index (χ0) is 15.9. The van der Waals surface area contributed by atoms with E-state index < -0.39 is 0 Å². The van der Waals surface area contributed by atoms with Gasteiger partial charge in [0.1, 0.15) is 5.76 Å². The van der Waals surface area contributed by atoms with Gasteiger partial charge in [-0.1, -0.05) is 38.1 Å². The number of benzene rings is 1. The van der Waals surface area contributed by atoms with E-state index in [1.165, 1.54) is 5.56 Å². The van der Waals surface area contributed by atoms with Gasteiger partial charge in [0, 0.05) is 18.2 Å². The van der Waals surface area contributed by atoms with Crippen LogP contribution in [0, 0.1) is 0 Å². The molecule has 0 spiro atoms. The van der Waals surface area contributed by atoms with Gasteiger partial charge in [-0.2, -0.15) is 0 Å². The van der Waals surface area contributed by atoms with Crippen LogP contribution in [-0.2, 0) is 6.42 Å². The molecular formula is C18H25ClN2O2. The highest BCUT2D eigenvalue weighted by molar-refractivity contribution is 5.92. The highest BCUT2D eigenvalue weighted by atomic mass is 35.5. The van der Waals surface area contributed by atoms with Crippen molar-refractivity contribution in [3.05, 3.63) is 47.7 Å². The lowest BCUT2D eigenvalue weighted by atomic mass is 10.1. The summed E-state index contributed by atoms with van der Waals surface area (Å²) in [5, 5.41) is 6.12. The van der Waals surface area contributed by atoms with Crippen molar-refractivity contribution in [2.45, 2.75) is 33.2 Å². The van der Waals surface area contributed by atoms with Crippen LogP contribution in [0.25, 0.3) is 11.3 Å². The summed E-state index contributed by atoms with van der Waals surface area (Å²) in [6.45, 7) is 7.66. The summed E-state index contributed by atoms with van der Waals surface area (Å²) < 4.78 is 5.66. The number of carbonyl (C=O) groups is 1. The summed E-state index contributed by atoms with van der Waals surface area (Å²) in [6.07, 6.45) is 1.01. The molecule has 1 heterocycles. The number of halogens is 1. The summed E-state index contributed by atoms with van der Waals surface area (Å²) in [4.78, 5) is 12.1. The zero-order valence-electron chi connectivity index (χ0n) is 13.9. The van der Waals surface area contributed by atoms with Crippen LogP contribution in [0.15, 0.2) is 40.8 Å². The molecule has 0 unspecified atom stereocenters. The molecule has 2 N–H and O–H groups in total. The third-order valence-electron chi connectivity index (χ3n) is 3.60. The van der Waals surface area contributed by atoms with Crippen molar-refractivity contribution in [3.63, 3.8) is 0 Å². The maximum atomic E-state index is 12.1. The number of furan rings is 1. The Labute approximate surface area is 144 Å². The SMILES string of the molecule is CCN[C@H](C)CNC(=O)c1ccc(-c2ccc(CC)cc2)o1.Cl. The highest BCUT2D eigenvalue weighted by Crippen LogP contribution is 2.22. The number of nitrogens with one attached hydrogen (secondary N) is 2. The molecule has 1 aromatic carbocycles. The molecular weight excluding hydrogens is 312 g/mol. The van der Waals surface area contributed by atoms with Crippen LogP contribution in [0.2, 0.25) is 0 Å². The number of amides is 1. The molecule has 0 saturated heterocycles. The van der Waals surface area contributed by atoms with E-state index in [4.69, 9.17) is 4.42 Å². The molecule has 1 amide bonds. The molecule has 126 valence electrons. The van der Waals surface area contributed by atoms with Gasteiger partial charge in [0.05, 0.1) is 0 Å². The highest BCUT2D eigenvalue weighted by Gasteiger charge is 2.12. The van der Waals surface area contributed by atoms with Crippen LogP contribution in [0.4, 0.5) is 0 Å². The Morgan fingerprint density at radius 1 is 1.13 bits per heavy atom. The van der Waals surface area contributed by atoms with Crippen LogP contribution in [0.1, 0.15) is 36.9 Å². The molecule has 2 rings (SSSR count). The van der Waals surface area contributed by atoms with Crippen molar-refractivity contribution in [2.75, 3.05) is 13.1 Å². The van der Waals surface area contributed by atoms with Crippen molar-refractivity contribution >= 4 is 18.3 Å². The fourth-order valence-corrected chi connectivity index (χ4v) is 2.27. The summed E-state index contributed by atoms with van der Waals surface area (Å²) in [6, 6.07) is 12.0. The molecule has 5 heteroatoms. The summed E-state index contributed by atoms with van der Waals surface area (Å²) in [5.41, 5.74) is 2.27. The van der Waals surface area contributed by atoms with Gasteiger partial charge in [-0.3, -0.25) is 4.79 Å². The first kappa shape index (κ1) is 19.3. The number of rotatable bonds is 7. The molecule has 1 aromatic heterocycles. The number of likely N-dealkylation sites (N-methyl/N-ethyl adjacent to an activating group) is 1. The van der Waals surface area contributed by atoms with E-state index in [-0.39, 0.29) is 24.4 Å². The second-order valence-electron chi connectivity index (χ2n) is 5.38. The van der Waals surface area contributed by atoms with E-state index in [9.17, 15) is 4.79 Å². The topological polar surface area (TPSA) is 54.3 Å². The normalized spacial score (nSPS) is 11.6. The van der Waals surface area contributed by atoms with E-state index >= 15 is 0 Å². The maximum Gasteiger partial charge on any atom is 0.287 e. The standard InChI is InChI=1S/C18H24N2O2.ClH/c1-4-14-6-8-15(9-7-14)16-10-11-17(22-16)18(21)20-12-13(3)19-5-2;/h6-11,13,19H,4-5,12H2,1-3H3,(H,20,21);1H/t13-;/m1./s1. The third-order valence-corrected chi connectivity index (χ3v) is 3.60. The molecule has 0 radical (unpaired) electrons. The van der Waals surface area contributed by atoms with Crippen LogP contribution in [0.5, 0.6) is 0 Å². The maximum absolute atomic E-state index is 12.1. The predicted octanol–water partition coefficient (Wildman–Crippen LogP) is 3.66. The van der Waals surface area contributed by atoms with Crippen LogP contribution >= 0.6 is 12.4 Å². The van der Waals surface area contributed by atoms with Crippen molar-refractivity contribution in [3.8, 4) is 11.3 Å². The first-order valence-corrected chi connectivity index (χ1v) is 7.84. The molecule has 0 fully saturated rings. The second kappa shape index (κ2) is 9.38. The molecule has 4 nitrogen and oxygen atoms in total. The molecule has 2 aromatic rings.